The number of ether oxygens (including phenoxy) is 2. The van der Waals surface area contributed by atoms with Crippen LogP contribution in [-0.2, 0) is 0 Å². The minimum absolute atomic E-state index is 0.181. The lowest BCUT2D eigenvalue weighted by molar-refractivity contribution is 0.0681. The maximum absolute atomic E-state index is 12.4. The van der Waals surface area contributed by atoms with E-state index in [0.29, 0.717) is 14.7 Å². The van der Waals surface area contributed by atoms with Crippen LogP contribution < -0.4 is 9.47 Å². The maximum atomic E-state index is 12.4. The van der Waals surface area contributed by atoms with Gasteiger partial charge in [0.2, 0.25) is 0 Å². The predicted molar refractivity (Wildman–Crippen MR) is 117 cm³/mol. The summed E-state index contributed by atoms with van der Waals surface area (Å²) in [5, 5.41) is 0. The largest absolute Gasteiger partial charge is 0.419 e. The average molecular weight is 602 g/mol. The molecular weight excluding hydrogens is 591 g/mol. The topological polar surface area (TPSA) is 52.6 Å². The van der Waals surface area contributed by atoms with Gasteiger partial charge in [0.05, 0.1) is 14.7 Å². The third kappa shape index (κ3) is 5.18. The highest BCUT2D eigenvalue weighted by Crippen LogP contribution is 2.33. The van der Waals surface area contributed by atoms with E-state index in [1.165, 1.54) is 0 Å². The van der Waals surface area contributed by atoms with Crippen LogP contribution in [0.5, 0.6) is 11.5 Å². The number of hydrogen-bond donors (Lipinski definition) is 0. The minimum Gasteiger partial charge on any atom is -0.419 e. The van der Waals surface area contributed by atoms with Crippen molar-refractivity contribution in [2.75, 3.05) is 0 Å². The highest BCUT2D eigenvalue weighted by Gasteiger charge is 2.18. The van der Waals surface area contributed by atoms with E-state index in [1.54, 1.807) is 66.7 Å². The first-order valence-corrected chi connectivity index (χ1v) is 10.3. The van der Waals surface area contributed by atoms with Gasteiger partial charge in [-0.25, -0.2) is 9.59 Å². The van der Waals surface area contributed by atoms with E-state index in [4.69, 9.17) is 9.47 Å². The summed E-state index contributed by atoms with van der Waals surface area (Å²) in [5.74, 6) is -0.685. The molecule has 0 aromatic heterocycles. The van der Waals surface area contributed by atoms with Crippen molar-refractivity contribution in [3.63, 3.8) is 0 Å². The van der Waals surface area contributed by atoms with Crippen molar-refractivity contribution in [2.45, 2.75) is 0 Å². The lowest BCUT2D eigenvalue weighted by Gasteiger charge is -2.12. The quantitative estimate of drug-likeness (QED) is 0.201. The molecule has 0 unspecified atom stereocenters. The van der Waals surface area contributed by atoms with Crippen LogP contribution in [0, 0.1) is 3.57 Å². The lowest BCUT2D eigenvalue weighted by atomic mass is 10.2. The molecule has 0 saturated heterocycles. The third-order valence-electron chi connectivity index (χ3n) is 3.49. The molecule has 0 spiro atoms. The number of esters is 2. The van der Waals surface area contributed by atoms with Crippen molar-refractivity contribution in [3.05, 3.63) is 90.4 Å². The summed E-state index contributed by atoms with van der Waals surface area (Å²) in [5.41, 5.74) is 0.783. The van der Waals surface area contributed by atoms with Crippen LogP contribution in [0.15, 0.2) is 75.7 Å². The average Bonchev–Trinajstić information content (AvgIpc) is 2.65. The molecule has 0 bridgehead atoms. The molecule has 0 N–H and O–H groups in total. The van der Waals surface area contributed by atoms with Gasteiger partial charge < -0.3 is 9.47 Å². The molecule has 0 atom stereocenters. The van der Waals surface area contributed by atoms with Crippen LogP contribution in [-0.4, -0.2) is 11.9 Å². The molecule has 0 heterocycles. The molecule has 0 saturated carbocycles. The Morgan fingerprint density at radius 1 is 0.704 bits per heavy atom. The first-order valence-electron chi connectivity index (χ1n) is 7.68. The minimum atomic E-state index is -0.537. The van der Waals surface area contributed by atoms with Crippen LogP contribution in [0.2, 0.25) is 0 Å². The molecule has 0 aliphatic carbocycles. The van der Waals surface area contributed by atoms with E-state index >= 15 is 0 Å². The van der Waals surface area contributed by atoms with Crippen LogP contribution in [0.1, 0.15) is 20.7 Å². The molecule has 0 radical (unpaired) electrons. The zero-order valence-corrected chi connectivity index (χ0v) is 18.9. The number of carbonyl (C=O) groups is 2. The fraction of sp³-hybridized carbons (Fsp3) is 0. The second-order valence-electron chi connectivity index (χ2n) is 5.36. The van der Waals surface area contributed by atoms with Crippen molar-refractivity contribution < 1.29 is 19.1 Å². The SMILES string of the molecule is O=C(Oc1cccc(I)c1OC(=O)c1ccc(Br)cc1)c1ccc(Br)cc1. The van der Waals surface area contributed by atoms with E-state index in [9.17, 15) is 9.59 Å². The van der Waals surface area contributed by atoms with Crippen LogP contribution in [0.3, 0.4) is 0 Å². The van der Waals surface area contributed by atoms with Gasteiger partial charge in [-0.3, -0.25) is 0 Å². The first-order chi connectivity index (χ1) is 12.9. The molecule has 3 rings (SSSR count). The molecule has 3 aromatic rings. The lowest BCUT2D eigenvalue weighted by Crippen LogP contribution is -2.13. The van der Waals surface area contributed by atoms with Crippen molar-refractivity contribution in [3.8, 4) is 11.5 Å². The number of rotatable bonds is 4. The Morgan fingerprint density at radius 3 is 1.70 bits per heavy atom. The van der Waals surface area contributed by atoms with Crippen LogP contribution >= 0.6 is 54.5 Å². The van der Waals surface area contributed by atoms with Crippen LogP contribution in [0.4, 0.5) is 0 Å². The van der Waals surface area contributed by atoms with Gasteiger partial charge in [0.1, 0.15) is 0 Å². The summed E-state index contributed by atoms with van der Waals surface area (Å²) < 4.78 is 13.3. The van der Waals surface area contributed by atoms with Gasteiger partial charge in [0.25, 0.3) is 0 Å². The number of halogens is 3. The van der Waals surface area contributed by atoms with Gasteiger partial charge >= 0.3 is 11.9 Å². The molecule has 3 aromatic carbocycles. The summed E-state index contributed by atoms with van der Waals surface area (Å²) in [4.78, 5) is 24.8. The summed E-state index contributed by atoms with van der Waals surface area (Å²) in [7, 11) is 0. The molecule has 4 nitrogen and oxygen atoms in total. The van der Waals surface area contributed by atoms with E-state index in [2.05, 4.69) is 31.9 Å². The Morgan fingerprint density at radius 2 is 1.19 bits per heavy atom. The fourth-order valence-corrected chi connectivity index (χ4v) is 3.26. The first kappa shape index (κ1) is 20.0. The molecule has 0 aliphatic rings. The molecule has 0 amide bonds. The zero-order chi connectivity index (χ0) is 19.4. The summed E-state index contributed by atoms with van der Waals surface area (Å²) >= 11 is 8.67. The summed E-state index contributed by atoms with van der Waals surface area (Å²) in [6.45, 7) is 0. The van der Waals surface area contributed by atoms with E-state index in [1.807, 2.05) is 22.6 Å². The Balaban J connectivity index is 1.83. The monoisotopic (exact) mass is 600 g/mol. The van der Waals surface area contributed by atoms with E-state index < -0.39 is 11.9 Å². The molecule has 0 fully saturated rings. The van der Waals surface area contributed by atoms with Gasteiger partial charge in [0, 0.05) is 8.95 Å². The van der Waals surface area contributed by atoms with Crippen molar-refractivity contribution in [2.24, 2.45) is 0 Å². The number of hydrogen-bond acceptors (Lipinski definition) is 4. The Hall–Kier alpha value is -1.71. The van der Waals surface area contributed by atoms with Crippen molar-refractivity contribution in [1.82, 2.24) is 0 Å². The third-order valence-corrected chi connectivity index (χ3v) is 5.39. The van der Waals surface area contributed by atoms with E-state index in [-0.39, 0.29) is 11.5 Å². The Labute approximate surface area is 186 Å². The maximum Gasteiger partial charge on any atom is 0.343 e. The van der Waals surface area contributed by atoms with Crippen LogP contribution in [0.25, 0.3) is 0 Å². The smallest absolute Gasteiger partial charge is 0.343 e. The molecule has 7 heteroatoms. The molecule has 0 aliphatic heterocycles. The predicted octanol–water partition coefficient (Wildman–Crippen LogP) is 6.25. The summed E-state index contributed by atoms with van der Waals surface area (Å²) in [6, 6.07) is 18.7. The highest BCUT2D eigenvalue weighted by atomic mass is 127. The molecule has 27 heavy (non-hydrogen) atoms. The van der Waals surface area contributed by atoms with Gasteiger partial charge in [-0.2, -0.15) is 0 Å². The normalized spacial score (nSPS) is 10.3. The van der Waals surface area contributed by atoms with Gasteiger partial charge in [0.15, 0.2) is 11.5 Å². The number of benzene rings is 3. The van der Waals surface area contributed by atoms with Crippen molar-refractivity contribution >= 4 is 66.4 Å². The zero-order valence-electron chi connectivity index (χ0n) is 13.6. The second-order valence-corrected chi connectivity index (χ2v) is 8.35. The Bertz CT molecular complexity index is 986. The number of para-hydroxylation sites is 1. The molecule has 136 valence electrons. The van der Waals surface area contributed by atoms with E-state index in [0.717, 1.165) is 8.95 Å². The summed E-state index contributed by atoms with van der Waals surface area (Å²) in [6.07, 6.45) is 0. The van der Waals surface area contributed by atoms with Gasteiger partial charge in [-0.05, 0) is 83.3 Å². The van der Waals surface area contributed by atoms with Crippen molar-refractivity contribution in [1.29, 1.82) is 0 Å². The second kappa shape index (κ2) is 8.99. The van der Waals surface area contributed by atoms with Gasteiger partial charge in [-0.15, -0.1) is 0 Å². The molecular formula is C20H11Br2IO4. The Kier molecular flexibility index (Phi) is 6.67. The van der Waals surface area contributed by atoms with Gasteiger partial charge in [-0.1, -0.05) is 37.9 Å². The highest BCUT2D eigenvalue weighted by molar-refractivity contribution is 14.1. The fourth-order valence-electron chi connectivity index (χ4n) is 2.15. The standard InChI is InChI=1S/C20H11Br2IO4/c21-14-8-4-12(5-9-14)19(24)26-17-3-1-2-16(23)18(17)27-20(25)13-6-10-15(22)11-7-13/h1-11H. The number of carbonyl (C=O) groups excluding carboxylic acids is 2.